The van der Waals surface area contributed by atoms with Crippen molar-refractivity contribution in [2.24, 2.45) is 0 Å². The van der Waals surface area contributed by atoms with Crippen molar-refractivity contribution in [3.05, 3.63) is 24.8 Å². The number of ether oxygens (including phenoxy) is 1. The van der Waals surface area contributed by atoms with Gasteiger partial charge in [0, 0.05) is 24.7 Å². The fourth-order valence-electron chi connectivity index (χ4n) is 3.48. The number of carbonyl (C=O) groups is 1. The van der Waals surface area contributed by atoms with E-state index in [2.05, 4.69) is 19.5 Å². The Morgan fingerprint density at radius 3 is 3.00 bits per heavy atom. The van der Waals surface area contributed by atoms with Crippen LogP contribution < -0.4 is 0 Å². The Kier molecular flexibility index (Phi) is 3.67. The van der Waals surface area contributed by atoms with Crippen molar-refractivity contribution in [1.29, 1.82) is 0 Å². The Hall–Kier alpha value is -2.57. The van der Waals surface area contributed by atoms with Crippen LogP contribution in [0, 0.1) is 0 Å². The van der Waals surface area contributed by atoms with Gasteiger partial charge in [-0.05, 0) is 39.7 Å². The first-order chi connectivity index (χ1) is 11.9. The monoisotopic (exact) mass is 341 g/mol. The molecule has 0 aromatic carbocycles. The van der Waals surface area contributed by atoms with Crippen molar-refractivity contribution in [3.63, 3.8) is 0 Å². The Morgan fingerprint density at radius 2 is 2.20 bits per heavy atom. The number of amides is 1. The molecule has 4 heterocycles. The molecule has 4 rings (SSSR count). The third kappa shape index (κ3) is 2.94. The second-order valence-electron chi connectivity index (χ2n) is 7.61. The third-order valence-electron chi connectivity index (χ3n) is 4.56. The van der Waals surface area contributed by atoms with Crippen LogP contribution in [0.4, 0.5) is 4.79 Å². The van der Waals surface area contributed by atoms with E-state index in [9.17, 15) is 4.79 Å². The molecule has 0 spiro atoms. The standard InChI is InChI=1S/C18H23N5O2/c1-18(2,3)25-17(24)22-8-4-5-12(10-22)23-11-21-14-9-20-16-13(15(14)23)6-7-19-16/h6-7,9,11-12H,4-5,8,10H2,1-3H3,(H,19,20)/t12-/m1/s1. The van der Waals surface area contributed by atoms with Crippen LogP contribution in [0.5, 0.6) is 0 Å². The quantitative estimate of drug-likeness (QED) is 0.735. The maximum absolute atomic E-state index is 12.4. The van der Waals surface area contributed by atoms with Gasteiger partial charge in [0.15, 0.2) is 0 Å². The van der Waals surface area contributed by atoms with Crippen LogP contribution in [0.2, 0.25) is 0 Å². The summed E-state index contributed by atoms with van der Waals surface area (Å²) in [6, 6.07) is 2.21. The number of piperidine rings is 1. The number of nitrogens with one attached hydrogen (secondary N) is 1. The van der Waals surface area contributed by atoms with Gasteiger partial charge in [0.1, 0.15) is 16.8 Å². The number of pyridine rings is 1. The Labute approximate surface area is 146 Å². The number of hydrogen-bond donors (Lipinski definition) is 1. The molecule has 1 aliphatic heterocycles. The minimum absolute atomic E-state index is 0.187. The lowest BCUT2D eigenvalue weighted by Crippen LogP contribution is -2.43. The van der Waals surface area contributed by atoms with Crippen LogP contribution in [-0.4, -0.2) is 49.2 Å². The van der Waals surface area contributed by atoms with Crippen molar-refractivity contribution in [2.75, 3.05) is 13.1 Å². The first-order valence-corrected chi connectivity index (χ1v) is 8.69. The zero-order chi connectivity index (χ0) is 17.6. The van der Waals surface area contributed by atoms with Gasteiger partial charge in [-0.25, -0.2) is 14.8 Å². The summed E-state index contributed by atoms with van der Waals surface area (Å²) in [5, 5.41) is 1.06. The molecule has 0 saturated carbocycles. The number of aromatic amines is 1. The number of nitrogens with zero attached hydrogens (tertiary/aromatic N) is 4. The Morgan fingerprint density at radius 1 is 1.36 bits per heavy atom. The van der Waals surface area contributed by atoms with Crippen molar-refractivity contribution >= 4 is 28.2 Å². The van der Waals surface area contributed by atoms with Gasteiger partial charge in [0.25, 0.3) is 0 Å². The maximum Gasteiger partial charge on any atom is 0.410 e. The van der Waals surface area contributed by atoms with E-state index in [0.717, 1.165) is 41.5 Å². The molecule has 0 unspecified atom stereocenters. The van der Waals surface area contributed by atoms with E-state index in [4.69, 9.17) is 4.74 Å². The SMILES string of the molecule is CC(C)(C)OC(=O)N1CCC[C@@H](n2cnc3cnc4[nH]ccc4c32)C1. The number of imidazole rings is 1. The molecule has 1 saturated heterocycles. The molecule has 0 aliphatic carbocycles. The van der Waals surface area contributed by atoms with E-state index < -0.39 is 5.60 Å². The first-order valence-electron chi connectivity index (χ1n) is 8.69. The van der Waals surface area contributed by atoms with E-state index in [-0.39, 0.29) is 12.1 Å². The first kappa shape index (κ1) is 15.9. The fraction of sp³-hybridized carbons (Fsp3) is 0.500. The molecule has 0 radical (unpaired) electrons. The second kappa shape index (κ2) is 5.75. The highest BCUT2D eigenvalue weighted by Gasteiger charge is 2.29. The molecule has 132 valence electrons. The lowest BCUT2D eigenvalue weighted by molar-refractivity contribution is 0.0174. The number of aromatic nitrogens is 4. The summed E-state index contributed by atoms with van der Waals surface area (Å²) < 4.78 is 7.72. The highest BCUT2D eigenvalue weighted by molar-refractivity contribution is 6.00. The van der Waals surface area contributed by atoms with Gasteiger partial charge in [-0.2, -0.15) is 0 Å². The Balaban J connectivity index is 1.65. The lowest BCUT2D eigenvalue weighted by atomic mass is 10.1. The van der Waals surface area contributed by atoms with Gasteiger partial charge in [-0.1, -0.05) is 0 Å². The number of hydrogen-bond acceptors (Lipinski definition) is 4. The Bertz CT molecular complexity index is 920. The van der Waals surface area contributed by atoms with E-state index >= 15 is 0 Å². The number of rotatable bonds is 1. The fourth-order valence-corrected chi connectivity index (χ4v) is 3.48. The molecular formula is C18H23N5O2. The van der Waals surface area contributed by atoms with Gasteiger partial charge in [0.05, 0.1) is 24.1 Å². The van der Waals surface area contributed by atoms with Crippen LogP contribution in [0.3, 0.4) is 0 Å². The van der Waals surface area contributed by atoms with Crippen LogP contribution >= 0.6 is 0 Å². The second-order valence-corrected chi connectivity index (χ2v) is 7.61. The molecule has 1 N–H and O–H groups in total. The summed E-state index contributed by atoms with van der Waals surface area (Å²) >= 11 is 0. The molecule has 1 fully saturated rings. The number of likely N-dealkylation sites (tertiary alicyclic amines) is 1. The molecular weight excluding hydrogens is 318 g/mol. The normalized spacial score (nSPS) is 18.8. The number of H-pyrrole nitrogens is 1. The largest absolute Gasteiger partial charge is 0.444 e. The zero-order valence-electron chi connectivity index (χ0n) is 14.8. The molecule has 7 nitrogen and oxygen atoms in total. The molecule has 0 bridgehead atoms. The average Bonchev–Trinajstić information content (AvgIpc) is 3.19. The van der Waals surface area contributed by atoms with Gasteiger partial charge < -0.3 is 19.2 Å². The summed E-state index contributed by atoms with van der Waals surface area (Å²) in [4.78, 5) is 26.3. The van der Waals surface area contributed by atoms with Crippen LogP contribution in [0.25, 0.3) is 22.1 Å². The van der Waals surface area contributed by atoms with Crippen molar-refractivity contribution in [2.45, 2.75) is 45.3 Å². The predicted molar refractivity (Wildman–Crippen MR) is 95.5 cm³/mol. The summed E-state index contributed by atoms with van der Waals surface area (Å²) in [5.74, 6) is 0. The van der Waals surface area contributed by atoms with Crippen LogP contribution in [0.1, 0.15) is 39.7 Å². The topological polar surface area (TPSA) is 76.0 Å². The van der Waals surface area contributed by atoms with Crippen molar-refractivity contribution < 1.29 is 9.53 Å². The van der Waals surface area contributed by atoms with E-state index in [1.54, 1.807) is 11.1 Å². The third-order valence-corrected chi connectivity index (χ3v) is 4.56. The predicted octanol–water partition coefficient (Wildman–Crippen LogP) is 3.48. The van der Waals surface area contributed by atoms with Crippen LogP contribution in [0.15, 0.2) is 24.8 Å². The highest BCUT2D eigenvalue weighted by atomic mass is 16.6. The molecule has 25 heavy (non-hydrogen) atoms. The molecule has 7 heteroatoms. The maximum atomic E-state index is 12.4. The van der Waals surface area contributed by atoms with E-state index in [1.807, 2.05) is 39.4 Å². The summed E-state index contributed by atoms with van der Waals surface area (Å²) in [7, 11) is 0. The summed E-state index contributed by atoms with van der Waals surface area (Å²) in [6.45, 7) is 7.05. The van der Waals surface area contributed by atoms with E-state index in [0.29, 0.717) is 6.54 Å². The zero-order valence-corrected chi connectivity index (χ0v) is 14.8. The van der Waals surface area contributed by atoms with Gasteiger partial charge in [-0.15, -0.1) is 0 Å². The minimum atomic E-state index is -0.477. The minimum Gasteiger partial charge on any atom is -0.444 e. The summed E-state index contributed by atoms with van der Waals surface area (Å²) in [6.07, 6.45) is 7.27. The van der Waals surface area contributed by atoms with Gasteiger partial charge in [-0.3, -0.25) is 0 Å². The highest BCUT2D eigenvalue weighted by Crippen LogP contribution is 2.29. The number of carbonyl (C=O) groups excluding carboxylic acids is 1. The molecule has 3 aromatic heterocycles. The van der Waals surface area contributed by atoms with E-state index in [1.165, 1.54) is 0 Å². The van der Waals surface area contributed by atoms with Crippen LogP contribution in [-0.2, 0) is 4.74 Å². The molecule has 3 aromatic rings. The molecule has 1 atom stereocenters. The molecule has 1 amide bonds. The number of fused-ring (bicyclic) bond motifs is 3. The molecule has 1 aliphatic rings. The van der Waals surface area contributed by atoms with Crippen molar-refractivity contribution in [1.82, 2.24) is 24.4 Å². The van der Waals surface area contributed by atoms with Crippen molar-refractivity contribution in [3.8, 4) is 0 Å². The lowest BCUT2D eigenvalue weighted by Gasteiger charge is -2.34. The smallest absolute Gasteiger partial charge is 0.410 e. The summed E-state index contributed by atoms with van der Waals surface area (Å²) in [5.41, 5.74) is 2.33. The van der Waals surface area contributed by atoms with Gasteiger partial charge >= 0.3 is 6.09 Å². The van der Waals surface area contributed by atoms with Gasteiger partial charge in [0.2, 0.25) is 0 Å². The average molecular weight is 341 g/mol.